The molecule has 5 nitrogen and oxygen atoms in total. The van der Waals surface area contributed by atoms with Crippen LogP contribution in [0.15, 0.2) is 0 Å². The first-order chi connectivity index (χ1) is 42.5. The van der Waals surface area contributed by atoms with Crippen molar-refractivity contribution in [2.45, 2.75) is 469 Å². The number of carbonyl (C=O) groups excluding carboxylic acids is 1. The highest BCUT2D eigenvalue weighted by atomic mass is 16.6. The van der Waals surface area contributed by atoms with E-state index in [4.69, 9.17) is 4.74 Å². The molecule has 0 aromatic rings. The number of carbonyl (C=O) groups is 1. The maximum Gasteiger partial charge on any atom is 0.312 e. The molecule has 3 N–H and O–H groups in total. The molecule has 0 aromatic carbocycles. The van der Waals surface area contributed by atoms with Crippen LogP contribution in [0, 0.1) is 29.6 Å². The summed E-state index contributed by atoms with van der Waals surface area (Å²) in [5.74, 6) is 3.36. The molecule has 0 saturated heterocycles. The van der Waals surface area contributed by atoms with Gasteiger partial charge in [-0.2, -0.15) is 0 Å². The Hall–Kier alpha value is -0.650. The fraction of sp³-hybridized carbons (Fsp3) is 0.988. The van der Waals surface area contributed by atoms with Crippen molar-refractivity contribution >= 4 is 5.97 Å². The molecule has 2 fully saturated rings. The molecule has 0 heterocycles. The number of hydrogen-bond donors (Lipinski definition) is 3. The van der Waals surface area contributed by atoms with Crippen molar-refractivity contribution in [3.63, 3.8) is 0 Å². The molecule has 2 saturated carbocycles. The third kappa shape index (κ3) is 54.0. The van der Waals surface area contributed by atoms with Crippen molar-refractivity contribution in [3.05, 3.63) is 0 Å². The van der Waals surface area contributed by atoms with Crippen molar-refractivity contribution in [3.8, 4) is 0 Å². The van der Waals surface area contributed by atoms with Gasteiger partial charge < -0.3 is 20.1 Å². The van der Waals surface area contributed by atoms with Crippen molar-refractivity contribution in [1.82, 2.24) is 0 Å². The van der Waals surface area contributed by atoms with Gasteiger partial charge in [0, 0.05) is 0 Å². The lowest BCUT2D eigenvalue weighted by atomic mass is 9.91. The zero-order valence-corrected chi connectivity index (χ0v) is 58.9. The molecule has 6 unspecified atom stereocenters. The fourth-order valence-electron chi connectivity index (χ4n) is 14.9. The van der Waals surface area contributed by atoms with Gasteiger partial charge in [0.2, 0.25) is 0 Å². The van der Waals surface area contributed by atoms with E-state index in [1.807, 2.05) is 0 Å². The topological polar surface area (TPSA) is 87.0 Å². The molecule has 0 aromatic heterocycles. The van der Waals surface area contributed by atoms with Crippen LogP contribution in [0.2, 0.25) is 0 Å². The van der Waals surface area contributed by atoms with Crippen LogP contribution in [0.1, 0.15) is 457 Å². The number of ether oxygens (including phenoxy) is 1. The molecule has 0 bridgehead atoms. The summed E-state index contributed by atoms with van der Waals surface area (Å²) in [5, 5.41) is 30.2. The van der Waals surface area contributed by atoms with Crippen molar-refractivity contribution in [2.24, 2.45) is 29.6 Å². The lowest BCUT2D eigenvalue weighted by molar-refractivity contribution is -0.163. The molecule has 6 atom stereocenters. The summed E-state index contributed by atoms with van der Waals surface area (Å²) in [6.45, 7) is 3.81. The van der Waals surface area contributed by atoms with Gasteiger partial charge in [0.15, 0.2) is 0 Å². The molecule has 5 heteroatoms. The minimum Gasteiger partial charge on any atom is -0.457 e. The zero-order chi connectivity index (χ0) is 61.5. The van der Waals surface area contributed by atoms with E-state index in [0.717, 1.165) is 49.4 Å². The predicted octanol–water partition coefficient (Wildman–Crippen LogP) is 26.3. The Balaban J connectivity index is 1.27. The number of hydrogen-bond acceptors (Lipinski definition) is 5. The highest BCUT2D eigenvalue weighted by Gasteiger charge is 2.36. The minimum absolute atomic E-state index is 0.398. The van der Waals surface area contributed by atoms with E-state index >= 15 is 0 Å². The second-order valence-electron chi connectivity index (χ2n) is 29.7. The number of unbranched alkanes of at least 4 members (excludes halogenated alkanes) is 57. The van der Waals surface area contributed by atoms with Crippen molar-refractivity contribution in [1.29, 1.82) is 0 Å². The van der Waals surface area contributed by atoms with Crippen LogP contribution in [-0.4, -0.2) is 46.7 Å². The van der Waals surface area contributed by atoms with Gasteiger partial charge in [0.25, 0.3) is 0 Å². The van der Waals surface area contributed by atoms with Gasteiger partial charge in [0.05, 0.1) is 25.2 Å². The zero-order valence-electron chi connectivity index (χ0n) is 58.9. The summed E-state index contributed by atoms with van der Waals surface area (Å²) in [6, 6.07) is 0. The molecule has 0 spiro atoms. The van der Waals surface area contributed by atoms with E-state index in [9.17, 15) is 20.1 Å². The van der Waals surface area contributed by atoms with Gasteiger partial charge in [-0.05, 0) is 49.4 Å². The fourth-order valence-corrected chi connectivity index (χ4v) is 14.9. The standard InChI is InChI=1S/C81H158O5/c1-3-5-7-9-11-13-15-17-19-21-22-23-24-25-26-30-34-38-42-50-56-62-68-79(81(85)86-78(72-82)73-83)80(84)69-63-57-51-43-39-35-31-27-29-33-37-41-47-53-59-65-75-71-77(75)67-61-55-49-45-44-48-54-60-66-76-70-74(76)64-58-52-46-40-36-32-28-20-18-16-14-12-10-8-6-4-2/h74-80,82-84H,3-73H2,1-2H3. The van der Waals surface area contributed by atoms with E-state index in [-0.39, 0.29) is 0 Å². The van der Waals surface area contributed by atoms with E-state index < -0.39 is 37.3 Å². The Kier molecular flexibility index (Phi) is 61.0. The number of rotatable bonds is 74. The lowest BCUT2D eigenvalue weighted by Crippen LogP contribution is -2.35. The summed E-state index contributed by atoms with van der Waals surface area (Å²) in [6.07, 6.45) is 94.1. The van der Waals surface area contributed by atoms with Gasteiger partial charge in [-0.1, -0.05) is 431 Å². The maximum atomic E-state index is 13.1. The van der Waals surface area contributed by atoms with Gasteiger partial charge >= 0.3 is 5.97 Å². The average Bonchev–Trinajstić information content (AvgIpc) is 4.43. The van der Waals surface area contributed by atoms with Crippen molar-refractivity contribution in [2.75, 3.05) is 13.2 Å². The Bertz CT molecular complexity index is 1330. The van der Waals surface area contributed by atoms with Crippen LogP contribution in [0.4, 0.5) is 0 Å². The van der Waals surface area contributed by atoms with Gasteiger partial charge in [0.1, 0.15) is 6.10 Å². The van der Waals surface area contributed by atoms with Gasteiger partial charge in [-0.25, -0.2) is 0 Å². The summed E-state index contributed by atoms with van der Waals surface area (Å²) in [5.41, 5.74) is 0. The van der Waals surface area contributed by atoms with Crippen LogP contribution in [0.25, 0.3) is 0 Å². The molecule has 0 aliphatic heterocycles. The molecular formula is C81H158O5. The molecule has 2 aliphatic rings. The summed E-state index contributed by atoms with van der Waals surface area (Å²) in [7, 11) is 0. The molecule has 2 rings (SSSR count). The highest BCUT2D eigenvalue weighted by Crippen LogP contribution is 2.47. The van der Waals surface area contributed by atoms with E-state index in [1.165, 1.54) is 379 Å². The Labute approximate surface area is 540 Å². The smallest absolute Gasteiger partial charge is 0.312 e. The molecule has 2 aliphatic carbocycles. The molecule has 0 amide bonds. The second-order valence-corrected chi connectivity index (χ2v) is 29.7. The Morgan fingerprint density at radius 2 is 0.477 bits per heavy atom. The summed E-state index contributed by atoms with van der Waals surface area (Å²) in [4.78, 5) is 13.1. The largest absolute Gasteiger partial charge is 0.457 e. The van der Waals surface area contributed by atoms with Crippen LogP contribution in [0.5, 0.6) is 0 Å². The average molecular weight is 1210 g/mol. The third-order valence-corrected chi connectivity index (χ3v) is 21.4. The molecule has 512 valence electrons. The quantitative estimate of drug-likeness (QED) is 0.0417. The Morgan fingerprint density at radius 1 is 0.291 bits per heavy atom. The number of esters is 1. The normalized spacial score (nSPS) is 17.3. The molecule has 0 radical (unpaired) electrons. The van der Waals surface area contributed by atoms with Crippen LogP contribution < -0.4 is 0 Å². The number of aliphatic hydroxyl groups is 3. The van der Waals surface area contributed by atoms with Crippen molar-refractivity contribution < 1.29 is 24.9 Å². The van der Waals surface area contributed by atoms with E-state index in [1.54, 1.807) is 25.7 Å². The minimum atomic E-state index is -0.908. The van der Waals surface area contributed by atoms with Crippen LogP contribution >= 0.6 is 0 Å². The first-order valence-corrected chi connectivity index (χ1v) is 40.6. The monoisotopic (exact) mass is 1210 g/mol. The summed E-state index contributed by atoms with van der Waals surface area (Å²) >= 11 is 0. The van der Waals surface area contributed by atoms with Gasteiger partial charge in [-0.15, -0.1) is 0 Å². The Morgan fingerprint density at radius 3 is 0.686 bits per heavy atom. The second kappa shape index (κ2) is 64.5. The SMILES string of the molecule is CCCCCCCCCCCCCCCCCCCCCCCCC(C(=O)OC(CO)CO)C(O)CCCCCCCCCCCCCCCCCC1CC1CCCCCCCCCCC1CC1CCCCCCCCCCCCCCCCCC. The van der Waals surface area contributed by atoms with Crippen LogP contribution in [0.3, 0.4) is 0 Å². The molecule has 86 heavy (non-hydrogen) atoms. The first-order valence-electron chi connectivity index (χ1n) is 40.6. The number of aliphatic hydroxyl groups excluding tert-OH is 3. The predicted molar refractivity (Wildman–Crippen MR) is 377 cm³/mol. The first kappa shape index (κ1) is 81.4. The van der Waals surface area contributed by atoms with E-state index in [2.05, 4.69) is 13.8 Å². The third-order valence-electron chi connectivity index (χ3n) is 21.4. The lowest BCUT2D eigenvalue weighted by Gasteiger charge is -2.24. The highest BCUT2D eigenvalue weighted by molar-refractivity contribution is 5.73. The summed E-state index contributed by atoms with van der Waals surface area (Å²) < 4.78 is 5.42. The van der Waals surface area contributed by atoms with Crippen LogP contribution in [-0.2, 0) is 9.53 Å². The molecular weight excluding hydrogens is 1050 g/mol. The van der Waals surface area contributed by atoms with Gasteiger partial charge in [-0.3, -0.25) is 4.79 Å². The van der Waals surface area contributed by atoms with E-state index in [0.29, 0.717) is 12.8 Å². The maximum absolute atomic E-state index is 13.1.